The zero-order valence-corrected chi connectivity index (χ0v) is 17.4. The minimum absolute atomic E-state index is 0.387. The van der Waals surface area contributed by atoms with Crippen LogP contribution in [0.15, 0.2) is 35.3 Å². The summed E-state index contributed by atoms with van der Waals surface area (Å²) in [5, 5.41) is 3.53. The van der Waals surface area contributed by atoms with Gasteiger partial charge in [0.2, 0.25) is 0 Å². The maximum absolute atomic E-state index is 5.69. The molecule has 5 heteroatoms. The standard InChI is InChI=1S/C23H36N4O/c1-2-24-22(27-14-10-23(18-27)11-15-28-19-23)25-16-21-9-13-26(17-21)12-8-20-6-4-3-5-7-20/h3-7,21H,2,8-19H2,1H3,(H,24,25). The average molecular weight is 385 g/mol. The Hall–Kier alpha value is -1.59. The molecule has 0 aliphatic carbocycles. The predicted molar refractivity (Wildman–Crippen MR) is 115 cm³/mol. The van der Waals surface area contributed by atoms with Crippen molar-refractivity contribution in [1.82, 2.24) is 15.1 Å². The first-order chi connectivity index (χ1) is 13.8. The SMILES string of the molecule is CCNC(=NCC1CCN(CCc2ccccc2)C1)N1CCC2(CCOC2)C1. The molecule has 0 saturated carbocycles. The summed E-state index contributed by atoms with van der Waals surface area (Å²) < 4.78 is 5.69. The highest BCUT2D eigenvalue weighted by Gasteiger charge is 2.42. The molecule has 5 nitrogen and oxygen atoms in total. The van der Waals surface area contributed by atoms with Crippen molar-refractivity contribution < 1.29 is 4.74 Å². The molecule has 154 valence electrons. The number of aliphatic imine (C=N–C) groups is 1. The molecule has 28 heavy (non-hydrogen) atoms. The highest BCUT2D eigenvalue weighted by atomic mass is 16.5. The summed E-state index contributed by atoms with van der Waals surface area (Å²) in [5.74, 6) is 1.81. The Morgan fingerprint density at radius 3 is 2.93 bits per heavy atom. The van der Waals surface area contributed by atoms with Crippen molar-refractivity contribution in [3.05, 3.63) is 35.9 Å². The number of nitrogens with one attached hydrogen (secondary N) is 1. The molecule has 1 aromatic carbocycles. The van der Waals surface area contributed by atoms with Crippen LogP contribution < -0.4 is 5.32 Å². The van der Waals surface area contributed by atoms with Gasteiger partial charge in [-0.3, -0.25) is 4.99 Å². The lowest BCUT2D eigenvalue weighted by atomic mass is 9.87. The third kappa shape index (κ3) is 4.87. The van der Waals surface area contributed by atoms with Crippen LogP contribution in [0.1, 0.15) is 31.7 Å². The van der Waals surface area contributed by atoms with Crippen LogP contribution in [0, 0.1) is 11.3 Å². The highest BCUT2D eigenvalue weighted by Crippen LogP contribution is 2.38. The number of hydrogen-bond donors (Lipinski definition) is 1. The third-order valence-corrected chi connectivity index (χ3v) is 6.69. The van der Waals surface area contributed by atoms with Crippen LogP contribution in [0.2, 0.25) is 0 Å². The number of hydrogen-bond acceptors (Lipinski definition) is 3. The second kappa shape index (κ2) is 9.27. The van der Waals surface area contributed by atoms with E-state index in [1.807, 2.05) is 0 Å². The van der Waals surface area contributed by atoms with E-state index in [4.69, 9.17) is 9.73 Å². The Labute approximate surface area is 170 Å². The number of likely N-dealkylation sites (tertiary alicyclic amines) is 2. The minimum Gasteiger partial charge on any atom is -0.381 e. The Balaban J connectivity index is 1.26. The molecule has 3 aliphatic rings. The van der Waals surface area contributed by atoms with E-state index in [0.717, 1.165) is 51.8 Å². The van der Waals surface area contributed by atoms with Gasteiger partial charge in [0.1, 0.15) is 0 Å². The van der Waals surface area contributed by atoms with Crippen molar-refractivity contribution in [3.8, 4) is 0 Å². The van der Waals surface area contributed by atoms with Gasteiger partial charge in [-0.25, -0.2) is 0 Å². The van der Waals surface area contributed by atoms with Gasteiger partial charge in [-0.1, -0.05) is 30.3 Å². The molecule has 0 radical (unpaired) electrons. The van der Waals surface area contributed by atoms with Crippen LogP contribution in [-0.2, 0) is 11.2 Å². The fraction of sp³-hybridized carbons (Fsp3) is 0.696. The van der Waals surface area contributed by atoms with Gasteiger partial charge in [0.05, 0.1) is 6.61 Å². The summed E-state index contributed by atoms with van der Waals surface area (Å²) in [4.78, 5) is 10.1. The number of nitrogens with zero attached hydrogens (tertiary/aromatic N) is 3. The summed E-state index contributed by atoms with van der Waals surface area (Å²) in [6.45, 7) is 11.7. The number of rotatable bonds is 6. The van der Waals surface area contributed by atoms with Gasteiger partial charge in [-0.05, 0) is 50.6 Å². The minimum atomic E-state index is 0.387. The van der Waals surface area contributed by atoms with Crippen LogP contribution >= 0.6 is 0 Å². The Morgan fingerprint density at radius 2 is 2.14 bits per heavy atom. The topological polar surface area (TPSA) is 40.1 Å². The molecule has 1 N–H and O–H groups in total. The fourth-order valence-corrected chi connectivity index (χ4v) is 4.93. The van der Waals surface area contributed by atoms with E-state index in [9.17, 15) is 0 Å². The molecule has 3 fully saturated rings. The van der Waals surface area contributed by atoms with Gasteiger partial charge in [0.15, 0.2) is 5.96 Å². The molecule has 3 heterocycles. The van der Waals surface area contributed by atoms with E-state index in [1.54, 1.807) is 0 Å². The van der Waals surface area contributed by atoms with Gasteiger partial charge >= 0.3 is 0 Å². The summed E-state index contributed by atoms with van der Waals surface area (Å²) >= 11 is 0. The van der Waals surface area contributed by atoms with Crippen LogP contribution in [0.5, 0.6) is 0 Å². The van der Waals surface area contributed by atoms with Gasteiger partial charge in [0.25, 0.3) is 0 Å². The van der Waals surface area contributed by atoms with Crippen molar-refractivity contribution >= 4 is 5.96 Å². The van der Waals surface area contributed by atoms with Crippen molar-refractivity contribution in [3.63, 3.8) is 0 Å². The second-order valence-corrected chi connectivity index (χ2v) is 8.86. The lowest BCUT2D eigenvalue weighted by molar-refractivity contribution is 0.156. The molecule has 2 atom stereocenters. The van der Waals surface area contributed by atoms with Crippen LogP contribution in [-0.4, -0.2) is 74.8 Å². The molecule has 3 saturated heterocycles. The molecule has 1 aromatic rings. The van der Waals surface area contributed by atoms with E-state index in [0.29, 0.717) is 11.3 Å². The molecule has 0 bridgehead atoms. The quantitative estimate of drug-likeness (QED) is 0.605. The van der Waals surface area contributed by atoms with E-state index in [-0.39, 0.29) is 0 Å². The monoisotopic (exact) mass is 384 g/mol. The molecule has 3 aliphatic heterocycles. The lowest BCUT2D eigenvalue weighted by Gasteiger charge is -2.25. The molecule has 1 spiro atoms. The first kappa shape index (κ1) is 19.7. The van der Waals surface area contributed by atoms with E-state index < -0.39 is 0 Å². The zero-order valence-electron chi connectivity index (χ0n) is 17.4. The summed E-state index contributed by atoms with van der Waals surface area (Å²) in [7, 11) is 0. The smallest absolute Gasteiger partial charge is 0.193 e. The average Bonchev–Trinajstić information content (AvgIpc) is 3.47. The normalized spacial score (nSPS) is 28.5. The van der Waals surface area contributed by atoms with Crippen molar-refractivity contribution in [1.29, 1.82) is 0 Å². The maximum Gasteiger partial charge on any atom is 0.193 e. The summed E-state index contributed by atoms with van der Waals surface area (Å²) in [6.07, 6.45) is 4.88. The number of benzene rings is 1. The van der Waals surface area contributed by atoms with Gasteiger partial charge in [-0.15, -0.1) is 0 Å². The van der Waals surface area contributed by atoms with Crippen LogP contribution in [0.25, 0.3) is 0 Å². The second-order valence-electron chi connectivity index (χ2n) is 8.86. The fourth-order valence-electron chi connectivity index (χ4n) is 4.93. The summed E-state index contributed by atoms with van der Waals surface area (Å²) in [6, 6.07) is 10.8. The number of guanidine groups is 1. The Bertz CT molecular complexity index is 641. The number of ether oxygens (including phenoxy) is 1. The predicted octanol–water partition coefficient (Wildman–Crippen LogP) is 2.63. The van der Waals surface area contributed by atoms with Crippen LogP contribution in [0.3, 0.4) is 0 Å². The zero-order chi connectivity index (χ0) is 19.2. The highest BCUT2D eigenvalue weighted by molar-refractivity contribution is 5.80. The molecular formula is C23H36N4O. The largest absolute Gasteiger partial charge is 0.381 e. The Morgan fingerprint density at radius 1 is 1.25 bits per heavy atom. The Kier molecular flexibility index (Phi) is 6.53. The van der Waals surface area contributed by atoms with Crippen LogP contribution in [0.4, 0.5) is 0 Å². The molecule has 2 unspecified atom stereocenters. The first-order valence-corrected chi connectivity index (χ1v) is 11.1. The lowest BCUT2D eigenvalue weighted by Crippen LogP contribution is -2.41. The van der Waals surface area contributed by atoms with Gasteiger partial charge in [0, 0.05) is 51.3 Å². The molecular weight excluding hydrogens is 348 g/mol. The maximum atomic E-state index is 5.69. The molecule has 0 aromatic heterocycles. The third-order valence-electron chi connectivity index (χ3n) is 6.69. The van der Waals surface area contributed by atoms with E-state index in [2.05, 4.69) is 52.4 Å². The summed E-state index contributed by atoms with van der Waals surface area (Å²) in [5.41, 5.74) is 1.83. The van der Waals surface area contributed by atoms with Gasteiger partial charge in [-0.2, -0.15) is 0 Å². The molecule has 0 amide bonds. The molecule has 4 rings (SSSR count). The van der Waals surface area contributed by atoms with E-state index in [1.165, 1.54) is 44.5 Å². The first-order valence-electron chi connectivity index (χ1n) is 11.1. The van der Waals surface area contributed by atoms with E-state index >= 15 is 0 Å². The van der Waals surface area contributed by atoms with Gasteiger partial charge < -0.3 is 19.9 Å². The van der Waals surface area contributed by atoms with Crippen molar-refractivity contribution in [2.24, 2.45) is 16.3 Å². The van der Waals surface area contributed by atoms with Crippen molar-refractivity contribution in [2.45, 2.75) is 32.6 Å². The van der Waals surface area contributed by atoms with Crippen molar-refractivity contribution in [2.75, 3.05) is 59.0 Å².